The first-order valence-corrected chi connectivity index (χ1v) is 10.1. The summed E-state index contributed by atoms with van der Waals surface area (Å²) in [4.78, 5) is 31.3. The zero-order chi connectivity index (χ0) is 19.2. The fourth-order valence-electron chi connectivity index (χ4n) is 3.52. The smallest absolute Gasteiger partial charge is 0.220 e. The van der Waals surface area contributed by atoms with E-state index in [0.29, 0.717) is 24.9 Å². The minimum absolute atomic E-state index is 0.0830. The van der Waals surface area contributed by atoms with E-state index in [9.17, 15) is 4.79 Å². The summed E-state index contributed by atoms with van der Waals surface area (Å²) in [6, 6.07) is 2.65. The fraction of sp³-hybridized carbons (Fsp3) is 0.550. The van der Waals surface area contributed by atoms with Crippen molar-refractivity contribution in [3.63, 3.8) is 0 Å². The van der Waals surface area contributed by atoms with Crippen LogP contribution in [0.4, 0.5) is 11.6 Å². The molecule has 2 aliphatic rings. The SMILES string of the molecule is O=C(CCC1CCN(c2cc(NC3CC3)ncn2)CC1)NCc1cnccn1. The molecule has 2 N–H and O–H groups in total. The summed E-state index contributed by atoms with van der Waals surface area (Å²) >= 11 is 0. The Kier molecular flexibility index (Phi) is 5.94. The molecule has 1 amide bonds. The number of nitrogens with one attached hydrogen (secondary N) is 2. The predicted molar refractivity (Wildman–Crippen MR) is 107 cm³/mol. The summed E-state index contributed by atoms with van der Waals surface area (Å²) in [7, 11) is 0. The van der Waals surface area contributed by atoms with E-state index in [4.69, 9.17) is 0 Å². The van der Waals surface area contributed by atoms with Crippen molar-refractivity contribution >= 4 is 17.5 Å². The molecule has 0 aromatic carbocycles. The molecule has 0 unspecified atom stereocenters. The van der Waals surface area contributed by atoms with Crippen LogP contribution in [-0.2, 0) is 11.3 Å². The number of anilines is 2. The van der Waals surface area contributed by atoms with Gasteiger partial charge in [-0.25, -0.2) is 9.97 Å². The van der Waals surface area contributed by atoms with Crippen molar-refractivity contribution < 1.29 is 4.79 Å². The maximum Gasteiger partial charge on any atom is 0.220 e. The molecule has 0 bridgehead atoms. The number of aromatic nitrogens is 4. The quantitative estimate of drug-likeness (QED) is 0.723. The van der Waals surface area contributed by atoms with Gasteiger partial charge in [0.2, 0.25) is 5.91 Å². The van der Waals surface area contributed by atoms with Crippen LogP contribution in [0.5, 0.6) is 0 Å². The molecule has 8 nitrogen and oxygen atoms in total. The number of hydrogen-bond acceptors (Lipinski definition) is 7. The Hall–Kier alpha value is -2.77. The summed E-state index contributed by atoms with van der Waals surface area (Å²) < 4.78 is 0. The van der Waals surface area contributed by atoms with Gasteiger partial charge in [-0.1, -0.05) is 0 Å². The standard InChI is InChI=1S/C20H27N7O/c28-20(23-13-17-12-21-7-8-22-17)4-1-15-5-9-27(10-6-15)19-11-18(24-14-25-19)26-16-2-3-16/h7-8,11-12,14-16H,1-6,9-10,13H2,(H,23,28)(H,24,25,26). The van der Waals surface area contributed by atoms with Crippen molar-refractivity contribution in [2.75, 3.05) is 23.3 Å². The molecule has 0 atom stereocenters. The Bertz CT molecular complexity index is 773. The molecule has 2 fully saturated rings. The first kappa shape index (κ1) is 18.6. The molecule has 8 heteroatoms. The highest BCUT2D eigenvalue weighted by molar-refractivity contribution is 5.75. The van der Waals surface area contributed by atoms with Gasteiger partial charge in [0.25, 0.3) is 0 Å². The van der Waals surface area contributed by atoms with E-state index in [1.165, 1.54) is 12.8 Å². The second-order valence-corrected chi connectivity index (χ2v) is 7.62. The van der Waals surface area contributed by atoms with Gasteiger partial charge in [0.05, 0.1) is 18.4 Å². The van der Waals surface area contributed by atoms with Crippen LogP contribution in [-0.4, -0.2) is 45.0 Å². The summed E-state index contributed by atoms with van der Waals surface area (Å²) in [5.74, 6) is 2.59. The van der Waals surface area contributed by atoms with Crippen LogP contribution >= 0.6 is 0 Å². The maximum atomic E-state index is 12.1. The van der Waals surface area contributed by atoms with Crippen LogP contribution < -0.4 is 15.5 Å². The van der Waals surface area contributed by atoms with Gasteiger partial charge in [-0.2, -0.15) is 0 Å². The second-order valence-electron chi connectivity index (χ2n) is 7.62. The van der Waals surface area contributed by atoms with E-state index in [2.05, 4.69) is 41.5 Å². The molecule has 3 heterocycles. The number of amides is 1. The number of carbonyl (C=O) groups is 1. The topological polar surface area (TPSA) is 95.9 Å². The van der Waals surface area contributed by atoms with Gasteiger partial charge in [0.15, 0.2) is 0 Å². The van der Waals surface area contributed by atoms with Gasteiger partial charge in [0, 0.05) is 44.0 Å². The van der Waals surface area contributed by atoms with Crippen LogP contribution in [0.15, 0.2) is 31.0 Å². The van der Waals surface area contributed by atoms with Crippen LogP contribution in [0, 0.1) is 5.92 Å². The lowest BCUT2D eigenvalue weighted by Gasteiger charge is -2.32. The zero-order valence-electron chi connectivity index (χ0n) is 16.0. The summed E-state index contributed by atoms with van der Waals surface area (Å²) in [5.41, 5.74) is 0.782. The van der Waals surface area contributed by atoms with E-state index < -0.39 is 0 Å². The van der Waals surface area contributed by atoms with Crippen molar-refractivity contribution in [3.8, 4) is 0 Å². The van der Waals surface area contributed by atoms with Gasteiger partial charge in [-0.3, -0.25) is 14.8 Å². The molecule has 4 rings (SSSR count). The lowest BCUT2D eigenvalue weighted by Crippen LogP contribution is -2.34. The van der Waals surface area contributed by atoms with Crippen LogP contribution in [0.1, 0.15) is 44.2 Å². The Morgan fingerprint density at radius 1 is 1.11 bits per heavy atom. The van der Waals surface area contributed by atoms with E-state index >= 15 is 0 Å². The van der Waals surface area contributed by atoms with Crippen molar-refractivity contribution in [1.29, 1.82) is 0 Å². The van der Waals surface area contributed by atoms with E-state index in [1.807, 2.05) is 0 Å². The molecule has 148 valence electrons. The Labute approximate surface area is 165 Å². The minimum atomic E-state index is 0.0830. The third-order valence-corrected chi connectivity index (χ3v) is 5.38. The third-order valence-electron chi connectivity index (χ3n) is 5.38. The number of hydrogen-bond donors (Lipinski definition) is 2. The van der Waals surface area contributed by atoms with Gasteiger partial charge in [0.1, 0.15) is 18.0 Å². The largest absolute Gasteiger partial charge is 0.367 e. The average molecular weight is 381 g/mol. The van der Waals surface area contributed by atoms with Crippen LogP contribution in [0.25, 0.3) is 0 Å². The number of carbonyl (C=O) groups excluding carboxylic acids is 1. The number of rotatable bonds is 8. The van der Waals surface area contributed by atoms with Gasteiger partial charge in [-0.05, 0) is 38.0 Å². The van der Waals surface area contributed by atoms with Crippen LogP contribution in [0.3, 0.4) is 0 Å². The molecule has 28 heavy (non-hydrogen) atoms. The fourth-order valence-corrected chi connectivity index (χ4v) is 3.52. The Morgan fingerprint density at radius 3 is 2.71 bits per heavy atom. The zero-order valence-corrected chi connectivity index (χ0v) is 16.0. The Morgan fingerprint density at radius 2 is 1.96 bits per heavy atom. The lowest BCUT2D eigenvalue weighted by atomic mass is 9.92. The summed E-state index contributed by atoms with van der Waals surface area (Å²) in [6.07, 6.45) is 12.7. The van der Waals surface area contributed by atoms with Gasteiger partial charge < -0.3 is 15.5 Å². The molecular formula is C20H27N7O. The number of nitrogens with zero attached hydrogens (tertiary/aromatic N) is 5. The highest BCUT2D eigenvalue weighted by Crippen LogP contribution is 2.27. The van der Waals surface area contributed by atoms with E-state index in [1.54, 1.807) is 24.9 Å². The highest BCUT2D eigenvalue weighted by Gasteiger charge is 2.23. The Balaban J connectivity index is 1.17. The van der Waals surface area contributed by atoms with E-state index in [-0.39, 0.29) is 5.91 Å². The van der Waals surface area contributed by atoms with Crippen LogP contribution in [0.2, 0.25) is 0 Å². The van der Waals surface area contributed by atoms with Crippen molar-refractivity contribution in [2.24, 2.45) is 5.92 Å². The van der Waals surface area contributed by atoms with Crippen molar-refractivity contribution in [2.45, 2.75) is 51.1 Å². The van der Waals surface area contributed by atoms with E-state index in [0.717, 1.165) is 49.7 Å². The number of piperidine rings is 1. The normalized spacial score (nSPS) is 17.4. The molecular weight excluding hydrogens is 354 g/mol. The predicted octanol–water partition coefficient (Wildman–Crippen LogP) is 2.15. The molecule has 1 saturated carbocycles. The van der Waals surface area contributed by atoms with Crippen molar-refractivity contribution in [1.82, 2.24) is 25.3 Å². The second kappa shape index (κ2) is 8.95. The third kappa shape index (κ3) is 5.37. The summed E-state index contributed by atoms with van der Waals surface area (Å²) in [6.45, 7) is 2.40. The molecule has 1 aliphatic heterocycles. The first-order valence-electron chi connectivity index (χ1n) is 10.1. The van der Waals surface area contributed by atoms with Crippen molar-refractivity contribution in [3.05, 3.63) is 36.7 Å². The molecule has 2 aromatic heterocycles. The monoisotopic (exact) mass is 381 g/mol. The molecule has 2 aromatic rings. The van der Waals surface area contributed by atoms with Gasteiger partial charge in [-0.15, -0.1) is 0 Å². The molecule has 1 aliphatic carbocycles. The van der Waals surface area contributed by atoms with Gasteiger partial charge >= 0.3 is 0 Å². The average Bonchev–Trinajstić information content (AvgIpc) is 3.56. The molecule has 0 spiro atoms. The first-order chi connectivity index (χ1) is 13.8. The lowest BCUT2D eigenvalue weighted by molar-refractivity contribution is -0.121. The molecule has 1 saturated heterocycles. The maximum absolute atomic E-state index is 12.1. The summed E-state index contributed by atoms with van der Waals surface area (Å²) in [5, 5.41) is 6.35. The molecule has 0 radical (unpaired) electrons. The minimum Gasteiger partial charge on any atom is -0.367 e. The highest BCUT2D eigenvalue weighted by atomic mass is 16.1.